The molecule has 1 aliphatic rings. The molecular weight excluding hydrogens is 396 g/mol. The average molecular weight is 431 g/mol. The van der Waals surface area contributed by atoms with Gasteiger partial charge in [0, 0.05) is 23.0 Å². The summed E-state index contributed by atoms with van der Waals surface area (Å²) in [6.07, 6.45) is -1.55. The van der Waals surface area contributed by atoms with Crippen LogP contribution in [0.4, 0.5) is 0 Å². The van der Waals surface area contributed by atoms with Gasteiger partial charge in [-0.3, -0.25) is 0 Å². The maximum atomic E-state index is 8.70. The van der Waals surface area contributed by atoms with Gasteiger partial charge in [0.05, 0.1) is 24.4 Å². The number of methoxy groups -OCH3 is 1. The highest BCUT2D eigenvalue weighted by Crippen LogP contribution is 2.11. The molecule has 0 aliphatic carbocycles. The molecule has 1 saturated heterocycles. The summed E-state index contributed by atoms with van der Waals surface area (Å²) in [5.74, 6) is 0. The molecule has 0 saturated carbocycles. The van der Waals surface area contributed by atoms with E-state index >= 15 is 0 Å². The summed E-state index contributed by atoms with van der Waals surface area (Å²) in [6.45, 7) is 10.4. The largest absolute Gasteiger partial charge is 0.444 e. The smallest absolute Gasteiger partial charge is 0.381 e. The van der Waals surface area contributed by atoms with Crippen LogP contribution in [0.2, 0.25) is 0 Å². The zero-order chi connectivity index (χ0) is 19.9. The molecule has 1 heterocycles. The minimum atomic E-state index is -0.593. The SMILES string of the molecule is C.CC(O)C(C)O.CC1OC(=N)OC1C.COC(C)C(C)O.N#CBr. The molecule has 0 aromatic heterocycles. The standard InChI is InChI=1S/C5H9NO2.C5H12O2.C4H10O2.CBrN.CH4/c1-3-4(2)8-5(6)7-3;1-4(6)5(2)7-3;1-3(5)4(2)6;2-1-3;/h3-4,6H,1-2H3;4-6H,1-3H3;3-6H,1-2H3;;1H4. The molecule has 25 heavy (non-hydrogen) atoms. The fraction of sp³-hybridized carbons (Fsp3) is 0.875. The van der Waals surface area contributed by atoms with Crippen LogP contribution in [0.1, 0.15) is 49.0 Å². The van der Waals surface area contributed by atoms with Gasteiger partial charge in [-0.15, -0.1) is 0 Å². The second-order valence-corrected chi connectivity index (χ2v) is 5.54. The number of aliphatic hydroxyl groups is 3. The first-order valence-electron chi connectivity index (χ1n) is 7.42. The summed E-state index contributed by atoms with van der Waals surface area (Å²) in [5.41, 5.74) is 0. The molecule has 0 bridgehead atoms. The molecule has 8 nitrogen and oxygen atoms in total. The van der Waals surface area contributed by atoms with Crippen LogP contribution in [0.5, 0.6) is 0 Å². The molecule has 4 N–H and O–H groups in total. The van der Waals surface area contributed by atoms with Crippen molar-refractivity contribution in [2.75, 3.05) is 7.11 Å². The number of hydrogen-bond donors (Lipinski definition) is 4. The lowest BCUT2D eigenvalue weighted by molar-refractivity contribution is 0.00997. The fourth-order valence-electron chi connectivity index (χ4n) is 0.754. The summed E-state index contributed by atoms with van der Waals surface area (Å²) >= 11 is 2.45. The summed E-state index contributed by atoms with van der Waals surface area (Å²) < 4.78 is 14.4. The van der Waals surface area contributed by atoms with E-state index in [0.717, 1.165) is 0 Å². The van der Waals surface area contributed by atoms with Crippen molar-refractivity contribution in [2.45, 2.75) is 85.6 Å². The molecular formula is C16H35BrN2O6. The van der Waals surface area contributed by atoms with Crippen molar-refractivity contribution < 1.29 is 29.5 Å². The first kappa shape index (κ1) is 31.8. The Hall–Kier alpha value is -0.920. The number of hydrogen-bond acceptors (Lipinski definition) is 8. The lowest BCUT2D eigenvalue weighted by Gasteiger charge is -2.10. The lowest BCUT2D eigenvalue weighted by Crippen LogP contribution is -2.20. The van der Waals surface area contributed by atoms with Crippen molar-refractivity contribution in [3.63, 3.8) is 0 Å². The van der Waals surface area contributed by atoms with Crippen molar-refractivity contribution in [3.8, 4) is 4.98 Å². The van der Waals surface area contributed by atoms with Gasteiger partial charge in [0.1, 0.15) is 17.2 Å². The van der Waals surface area contributed by atoms with Crippen LogP contribution in [-0.2, 0) is 14.2 Å². The zero-order valence-corrected chi connectivity index (χ0v) is 16.9. The predicted octanol–water partition coefficient (Wildman–Crippen LogP) is 2.39. The average Bonchev–Trinajstić information content (AvgIpc) is 2.76. The highest BCUT2D eigenvalue weighted by atomic mass is 79.9. The monoisotopic (exact) mass is 430 g/mol. The summed E-state index contributed by atoms with van der Waals surface area (Å²) in [7, 11) is 1.58. The van der Waals surface area contributed by atoms with Crippen LogP contribution >= 0.6 is 15.9 Å². The fourth-order valence-corrected chi connectivity index (χ4v) is 0.754. The lowest BCUT2D eigenvalue weighted by atomic mass is 10.3. The molecule has 6 atom stereocenters. The van der Waals surface area contributed by atoms with Crippen molar-refractivity contribution >= 4 is 22.0 Å². The Kier molecular flexibility index (Phi) is 24.7. The predicted molar refractivity (Wildman–Crippen MR) is 102 cm³/mol. The number of nitrogens with zero attached hydrogens (tertiary/aromatic N) is 1. The third-order valence-electron chi connectivity index (χ3n) is 3.00. The molecule has 6 unspecified atom stereocenters. The van der Waals surface area contributed by atoms with Gasteiger partial charge in [0.2, 0.25) is 0 Å². The third-order valence-corrected chi connectivity index (χ3v) is 3.00. The van der Waals surface area contributed by atoms with Gasteiger partial charge in [-0.2, -0.15) is 5.26 Å². The van der Waals surface area contributed by atoms with Crippen molar-refractivity contribution in [1.82, 2.24) is 0 Å². The highest BCUT2D eigenvalue weighted by Gasteiger charge is 2.25. The Morgan fingerprint density at radius 2 is 1.32 bits per heavy atom. The number of nitrogens with one attached hydrogen (secondary N) is 1. The zero-order valence-electron chi connectivity index (χ0n) is 15.4. The Labute approximate surface area is 160 Å². The van der Waals surface area contributed by atoms with E-state index in [0.29, 0.717) is 0 Å². The molecule has 0 amide bonds. The topological polar surface area (TPSA) is 136 Å². The summed E-state index contributed by atoms with van der Waals surface area (Å²) in [5, 5.41) is 39.6. The molecule has 152 valence electrons. The van der Waals surface area contributed by atoms with E-state index in [1.165, 1.54) is 0 Å². The Morgan fingerprint density at radius 3 is 1.36 bits per heavy atom. The van der Waals surface area contributed by atoms with E-state index in [-0.39, 0.29) is 37.9 Å². The first-order valence-corrected chi connectivity index (χ1v) is 8.22. The second-order valence-electron chi connectivity index (χ2n) is 5.18. The minimum Gasteiger partial charge on any atom is -0.444 e. The van der Waals surface area contributed by atoms with Crippen LogP contribution in [0.25, 0.3) is 0 Å². The second kappa shape index (κ2) is 19.4. The van der Waals surface area contributed by atoms with E-state index < -0.39 is 12.2 Å². The van der Waals surface area contributed by atoms with Gasteiger partial charge >= 0.3 is 6.08 Å². The van der Waals surface area contributed by atoms with E-state index in [4.69, 9.17) is 40.2 Å². The number of halogens is 1. The van der Waals surface area contributed by atoms with Gasteiger partial charge in [-0.1, -0.05) is 7.43 Å². The number of nitriles is 1. The minimum absolute atomic E-state index is 0. The van der Waals surface area contributed by atoms with Crippen LogP contribution in [0.15, 0.2) is 0 Å². The van der Waals surface area contributed by atoms with Crippen LogP contribution < -0.4 is 0 Å². The highest BCUT2D eigenvalue weighted by molar-refractivity contribution is 9.12. The Balaban J connectivity index is -0.000000122. The number of ether oxygens (including phenoxy) is 3. The van der Waals surface area contributed by atoms with Gasteiger partial charge in [0.25, 0.3) is 0 Å². The molecule has 1 fully saturated rings. The molecule has 0 aromatic rings. The van der Waals surface area contributed by atoms with E-state index in [1.807, 2.05) is 20.8 Å². The van der Waals surface area contributed by atoms with Crippen LogP contribution in [0.3, 0.4) is 0 Å². The molecule has 1 rings (SSSR count). The van der Waals surface area contributed by atoms with Crippen LogP contribution in [-0.4, -0.2) is 65.1 Å². The van der Waals surface area contributed by atoms with Crippen LogP contribution in [0, 0.1) is 15.6 Å². The van der Waals surface area contributed by atoms with Crippen molar-refractivity contribution in [2.24, 2.45) is 0 Å². The molecule has 1 aliphatic heterocycles. The Bertz CT molecular complexity index is 330. The van der Waals surface area contributed by atoms with Gasteiger partial charge in [-0.05, 0) is 41.5 Å². The molecule has 0 aromatic carbocycles. The van der Waals surface area contributed by atoms with E-state index in [9.17, 15) is 0 Å². The molecule has 9 heteroatoms. The number of rotatable bonds is 3. The van der Waals surface area contributed by atoms with Crippen molar-refractivity contribution in [1.29, 1.82) is 10.7 Å². The molecule has 0 radical (unpaired) electrons. The maximum Gasteiger partial charge on any atom is 0.381 e. The van der Waals surface area contributed by atoms with Gasteiger partial charge in [0.15, 0.2) is 0 Å². The molecule has 0 spiro atoms. The quantitative estimate of drug-likeness (QED) is 0.539. The Morgan fingerprint density at radius 1 is 1.04 bits per heavy atom. The van der Waals surface area contributed by atoms with Gasteiger partial charge < -0.3 is 29.5 Å². The van der Waals surface area contributed by atoms with Gasteiger partial charge in [-0.25, -0.2) is 5.41 Å². The van der Waals surface area contributed by atoms with E-state index in [2.05, 4.69) is 15.9 Å². The summed E-state index contributed by atoms with van der Waals surface area (Å²) in [6, 6.07) is 0. The summed E-state index contributed by atoms with van der Waals surface area (Å²) in [4.78, 5) is 1.56. The maximum absolute atomic E-state index is 8.70. The third kappa shape index (κ3) is 23.1. The van der Waals surface area contributed by atoms with E-state index in [1.54, 1.807) is 32.9 Å². The normalized spacial score (nSPS) is 22.1. The first-order chi connectivity index (χ1) is 10.9. The number of aliphatic hydroxyl groups excluding tert-OH is 3. The van der Waals surface area contributed by atoms with Crippen molar-refractivity contribution in [3.05, 3.63) is 0 Å².